The third-order valence-electron chi connectivity index (χ3n) is 5.55. The average Bonchev–Trinajstić information content (AvgIpc) is 3.22. The van der Waals surface area contributed by atoms with Gasteiger partial charge in [-0.05, 0) is 64.5 Å². The van der Waals surface area contributed by atoms with E-state index in [-0.39, 0.29) is 18.3 Å². The zero-order chi connectivity index (χ0) is 23.5. The Bertz CT molecular complexity index is 1150. The van der Waals surface area contributed by atoms with Crippen molar-refractivity contribution in [2.75, 3.05) is 28.5 Å². The van der Waals surface area contributed by atoms with Crippen molar-refractivity contribution in [3.63, 3.8) is 0 Å². The summed E-state index contributed by atoms with van der Waals surface area (Å²) in [5.74, 6) is -0.613. The van der Waals surface area contributed by atoms with Gasteiger partial charge < -0.3 is 14.6 Å². The number of benzene rings is 1. The van der Waals surface area contributed by atoms with Crippen LogP contribution in [0.3, 0.4) is 0 Å². The summed E-state index contributed by atoms with van der Waals surface area (Å²) in [6, 6.07) is 6.69. The predicted molar refractivity (Wildman–Crippen MR) is 125 cm³/mol. The van der Waals surface area contributed by atoms with Gasteiger partial charge in [0.2, 0.25) is 15.9 Å². The first-order valence-corrected chi connectivity index (χ1v) is 12.3. The molecule has 1 fully saturated rings. The number of amides is 1. The number of carbonyl (C=O) groups excluding carboxylic acids is 2. The summed E-state index contributed by atoms with van der Waals surface area (Å²) in [6.45, 7) is 8.95. The number of hydrogen-bond acceptors (Lipinski definition) is 5. The number of carbonyl (C=O) groups is 2. The lowest BCUT2D eigenvalue weighted by Gasteiger charge is -2.17. The van der Waals surface area contributed by atoms with Gasteiger partial charge in [-0.15, -0.1) is 0 Å². The topological polar surface area (TPSA) is 97.7 Å². The SMILES string of the molecule is CCOC(=O)c1c(/C=C/C(=O)Nc2ccc(N3CCCS3(=O)=O)cc2)c(C)n(CC)c1C. The molecule has 0 bridgehead atoms. The monoisotopic (exact) mass is 459 g/mol. The Labute approximate surface area is 188 Å². The van der Waals surface area contributed by atoms with Crippen LogP contribution in [0.2, 0.25) is 0 Å². The Hall–Kier alpha value is -3.07. The van der Waals surface area contributed by atoms with Gasteiger partial charge in [0, 0.05) is 41.8 Å². The number of hydrogen-bond donors (Lipinski definition) is 1. The molecule has 1 amide bonds. The highest BCUT2D eigenvalue weighted by Gasteiger charge is 2.28. The third kappa shape index (κ3) is 4.72. The first kappa shape index (κ1) is 23.6. The quantitative estimate of drug-likeness (QED) is 0.505. The molecule has 1 N–H and O–H groups in total. The predicted octanol–water partition coefficient (Wildman–Crippen LogP) is 3.49. The van der Waals surface area contributed by atoms with E-state index in [1.807, 2.05) is 25.3 Å². The molecule has 0 saturated carbocycles. The lowest BCUT2D eigenvalue weighted by Crippen LogP contribution is -2.24. The van der Waals surface area contributed by atoms with Crippen LogP contribution in [-0.4, -0.2) is 43.8 Å². The minimum Gasteiger partial charge on any atom is -0.462 e. The van der Waals surface area contributed by atoms with Gasteiger partial charge in [0.05, 0.1) is 23.6 Å². The van der Waals surface area contributed by atoms with E-state index < -0.39 is 16.0 Å². The first-order valence-electron chi connectivity index (χ1n) is 10.7. The van der Waals surface area contributed by atoms with Gasteiger partial charge in [-0.25, -0.2) is 13.2 Å². The van der Waals surface area contributed by atoms with Crippen LogP contribution in [0.25, 0.3) is 6.08 Å². The number of rotatable bonds is 7. The molecule has 3 rings (SSSR count). The molecule has 0 unspecified atom stereocenters. The molecule has 32 heavy (non-hydrogen) atoms. The molecule has 0 spiro atoms. The average molecular weight is 460 g/mol. The Morgan fingerprint density at radius 2 is 1.81 bits per heavy atom. The lowest BCUT2D eigenvalue weighted by atomic mass is 10.1. The van der Waals surface area contributed by atoms with Crippen LogP contribution in [0.1, 0.15) is 47.6 Å². The maximum atomic E-state index is 12.5. The maximum Gasteiger partial charge on any atom is 0.340 e. The minimum atomic E-state index is -3.24. The Morgan fingerprint density at radius 1 is 1.12 bits per heavy atom. The number of ether oxygens (including phenoxy) is 1. The van der Waals surface area contributed by atoms with Gasteiger partial charge in [0.25, 0.3) is 0 Å². The Morgan fingerprint density at radius 3 is 2.38 bits per heavy atom. The Kier molecular flexibility index (Phi) is 7.08. The second kappa shape index (κ2) is 9.60. The van der Waals surface area contributed by atoms with Gasteiger partial charge >= 0.3 is 5.97 Å². The summed E-state index contributed by atoms with van der Waals surface area (Å²) in [5.41, 5.74) is 3.94. The molecular formula is C23H29N3O5S. The van der Waals surface area contributed by atoms with Crippen LogP contribution >= 0.6 is 0 Å². The van der Waals surface area contributed by atoms with E-state index in [1.165, 1.54) is 10.4 Å². The third-order valence-corrected chi connectivity index (χ3v) is 7.42. The Balaban J connectivity index is 1.77. The van der Waals surface area contributed by atoms with Crippen LogP contribution < -0.4 is 9.62 Å². The zero-order valence-electron chi connectivity index (χ0n) is 18.8. The number of anilines is 2. The molecule has 2 heterocycles. The van der Waals surface area contributed by atoms with Crippen molar-refractivity contribution in [3.05, 3.63) is 52.9 Å². The molecule has 9 heteroatoms. The smallest absolute Gasteiger partial charge is 0.340 e. The van der Waals surface area contributed by atoms with Crippen LogP contribution in [-0.2, 0) is 26.1 Å². The second-order valence-corrected chi connectivity index (χ2v) is 9.55. The summed E-state index contributed by atoms with van der Waals surface area (Å²) < 4.78 is 32.7. The zero-order valence-corrected chi connectivity index (χ0v) is 19.7. The summed E-state index contributed by atoms with van der Waals surface area (Å²) in [4.78, 5) is 25.0. The first-order chi connectivity index (χ1) is 15.2. The summed E-state index contributed by atoms with van der Waals surface area (Å²) >= 11 is 0. The largest absolute Gasteiger partial charge is 0.462 e. The molecule has 8 nitrogen and oxygen atoms in total. The van der Waals surface area contributed by atoms with Crippen molar-refractivity contribution in [2.24, 2.45) is 0 Å². The number of esters is 1. The van der Waals surface area contributed by atoms with Crippen molar-refractivity contribution >= 4 is 39.4 Å². The van der Waals surface area contributed by atoms with Gasteiger partial charge in [0.1, 0.15) is 0 Å². The van der Waals surface area contributed by atoms with Crippen LogP contribution in [0, 0.1) is 13.8 Å². The van der Waals surface area contributed by atoms with Gasteiger partial charge in [0.15, 0.2) is 0 Å². The van der Waals surface area contributed by atoms with E-state index in [1.54, 1.807) is 37.3 Å². The molecule has 0 aliphatic carbocycles. The summed E-state index contributed by atoms with van der Waals surface area (Å²) in [5, 5.41) is 2.76. The lowest BCUT2D eigenvalue weighted by molar-refractivity contribution is -0.111. The highest BCUT2D eigenvalue weighted by atomic mass is 32.2. The van der Waals surface area contributed by atoms with E-state index in [2.05, 4.69) is 5.32 Å². The number of sulfonamides is 1. The summed E-state index contributed by atoms with van der Waals surface area (Å²) in [6.07, 6.45) is 3.61. The summed E-state index contributed by atoms with van der Waals surface area (Å²) in [7, 11) is -3.24. The standard InChI is InChI=1S/C23H29N3O5S/c1-5-25-16(3)20(22(17(25)4)23(28)31-6-2)12-13-21(27)24-18-8-10-19(11-9-18)26-14-7-15-32(26,29)30/h8-13H,5-7,14-15H2,1-4H3,(H,24,27)/b13-12+. The van der Waals surface area contributed by atoms with Crippen molar-refractivity contribution < 1.29 is 22.7 Å². The highest BCUT2D eigenvalue weighted by molar-refractivity contribution is 7.93. The molecule has 0 radical (unpaired) electrons. The molecule has 1 aliphatic rings. The van der Waals surface area contributed by atoms with Gasteiger partial charge in [-0.2, -0.15) is 0 Å². The number of nitrogens with one attached hydrogen (secondary N) is 1. The molecule has 1 aromatic carbocycles. The maximum absolute atomic E-state index is 12.5. The molecule has 1 aliphatic heterocycles. The van der Waals surface area contributed by atoms with Crippen molar-refractivity contribution in [1.82, 2.24) is 4.57 Å². The van der Waals surface area contributed by atoms with Gasteiger partial charge in [-0.1, -0.05) is 0 Å². The van der Waals surface area contributed by atoms with Crippen molar-refractivity contribution in [2.45, 2.75) is 40.7 Å². The molecule has 1 aromatic heterocycles. The second-order valence-electron chi connectivity index (χ2n) is 7.54. The molecule has 0 atom stereocenters. The molecule has 1 saturated heterocycles. The number of aromatic nitrogens is 1. The van der Waals surface area contributed by atoms with Crippen molar-refractivity contribution in [1.29, 1.82) is 0 Å². The van der Waals surface area contributed by atoms with E-state index in [0.717, 1.165) is 11.4 Å². The molecule has 2 aromatic rings. The minimum absolute atomic E-state index is 0.155. The van der Waals surface area contributed by atoms with Crippen LogP contribution in [0.4, 0.5) is 11.4 Å². The fourth-order valence-corrected chi connectivity index (χ4v) is 5.59. The van der Waals surface area contributed by atoms with E-state index >= 15 is 0 Å². The molecular weight excluding hydrogens is 430 g/mol. The normalized spacial score (nSPS) is 15.3. The van der Waals surface area contributed by atoms with Crippen molar-refractivity contribution in [3.8, 4) is 0 Å². The van der Waals surface area contributed by atoms with E-state index in [0.29, 0.717) is 42.0 Å². The van der Waals surface area contributed by atoms with Crippen LogP contribution in [0.15, 0.2) is 30.3 Å². The fourth-order valence-electron chi connectivity index (χ4n) is 4.03. The van der Waals surface area contributed by atoms with Crippen LogP contribution in [0.5, 0.6) is 0 Å². The van der Waals surface area contributed by atoms with E-state index in [4.69, 9.17) is 4.74 Å². The van der Waals surface area contributed by atoms with E-state index in [9.17, 15) is 18.0 Å². The highest BCUT2D eigenvalue weighted by Crippen LogP contribution is 2.26. The molecule has 172 valence electrons. The number of nitrogens with zero attached hydrogens (tertiary/aromatic N) is 2. The fraction of sp³-hybridized carbons (Fsp3) is 0.391. The van der Waals surface area contributed by atoms with Gasteiger partial charge in [-0.3, -0.25) is 9.10 Å².